The topological polar surface area (TPSA) is 23.8 Å². The number of hydrogen-bond acceptors (Lipinski definition) is 0. The van der Waals surface area contributed by atoms with Gasteiger partial charge in [-0.3, -0.25) is 5.73 Å². The Kier molecular flexibility index (Phi) is 17.4. The van der Waals surface area contributed by atoms with E-state index in [4.69, 9.17) is 5.73 Å². The van der Waals surface area contributed by atoms with Gasteiger partial charge in [-0.05, 0) is 32.1 Å². The minimum Gasteiger partial charge on any atom is -0.258 e. The van der Waals surface area contributed by atoms with E-state index >= 15 is 0 Å². The molecule has 0 aromatic rings. The van der Waals surface area contributed by atoms with Crippen molar-refractivity contribution in [2.45, 2.75) is 96.8 Å². The van der Waals surface area contributed by atoms with Crippen molar-refractivity contribution in [1.29, 1.82) is 0 Å². The second kappa shape index (κ2) is 17.7. The van der Waals surface area contributed by atoms with Crippen LogP contribution in [-0.4, -0.2) is 6.54 Å². The fourth-order valence-electron chi connectivity index (χ4n) is 2.37. The van der Waals surface area contributed by atoms with Gasteiger partial charge < -0.3 is 0 Å². The molecule has 0 amide bonds. The maximum absolute atomic E-state index is 7.07. The third-order valence-electron chi connectivity index (χ3n) is 3.69. The van der Waals surface area contributed by atoms with Crippen molar-refractivity contribution in [2.24, 2.45) is 0 Å². The molecule has 1 heteroatoms. The van der Waals surface area contributed by atoms with Crippen molar-refractivity contribution in [1.82, 2.24) is 5.73 Å². The highest BCUT2D eigenvalue weighted by molar-refractivity contribution is 4.81. The van der Waals surface area contributed by atoms with Gasteiger partial charge in [0.2, 0.25) is 0 Å². The second-order valence-electron chi connectivity index (χ2n) is 5.69. The molecular weight excluding hydrogens is 230 g/mol. The van der Waals surface area contributed by atoms with Crippen molar-refractivity contribution >= 4 is 0 Å². The Morgan fingerprint density at radius 3 is 1.47 bits per heavy atom. The van der Waals surface area contributed by atoms with Crippen LogP contribution in [0.25, 0.3) is 0 Å². The molecule has 1 N–H and O–H groups in total. The number of rotatable bonds is 15. The Hall–Kier alpha value is -0.300. The number of unbranched alkanes of at least 4 members (excludes halogenated alkanes) is 12. The molecule has 0 saturated heterocycles. The van der Waals surface area contributed by atoms with Crippen LogP contribution in [0.1, 0.15) is 96.8 Å². The molecule has 0 aromatic carbocycles. The highest BCUT2D eigenvalue weighted by Gasteiger charge is 1.90. The van der Waals surface area contributed by atoms with E-state index in [9.17, 15) is 0 Å². The minimum absolute atomic E-state index is 0.612. The van der Waals surface area contributed by atoms with Gasteiger partial charge in [-0.15, -0.1) is 0 Å². The average Bonchev–Trinajstić information content (AvgIpc) is 2.43. The molecule has 0 saturated carbocycles. The van der Waals surface area contributed by atoms with Gasteiger partial charge in [0.05, 0.1) is 0 Å². The first-order valence-electron chi connectivity index (χ1n) is 8.71. The van der Waals surface area contributed by atoms with Gasteiger partial charge in [0.1, 0.15) is 0 Å². The minimum atomic E-state index is 0.612. The zero-order valence-corrected chi connectivity index (χ0v) is 13.3. The summed E-state index contributed by atoms with van der Waals surface area (Å²) >= 11 is 0. The van der Waals surface area contributed by atoms with Gasteiger partial charge >= 0.3 is 0 Å². The van der Waals surface area contributed by atoms with E-state index in [1.807, 2.05) is 0 Å². The lowest BCUT2D eigenvalue weighted by atomic mass is 10.1. The average molecular weight is 266 g/mol. The zero-order valence-electron chi connectivity index (χ0n) is 13.3. The lowest BCUT2D eigenvalue weighted by molar-refractivity contribution is 0.597. The monoisotopic (exact) mass is 266 g/mol. The van der Waals surface area contributed by atoms with Crippen molar-refractivity contribution in [2.75, 3.05) is 6.54 Å². The summed E-state index contributed by atoms with van der Waals surface area (Å²) < 4.78 is 0. The Bertz CT molecular complexity index is 175. The molecule has 1 radical (unpaired) electrons. The standard InChI is InChI=1S/C18H36N/c1-2-3-4-5-6-7-8-9-10-11-12-13-14-15-16-17-18-19/h9-10,19H,2-8,11-18H2,1H3/b10-9-. The van der Waals surface area contributed by atoms with E-state index in [1.165, 1.54) is 83.5 Å². The molecule has 0 heterocycles. The molecule has 19 heavy (non-hydrogen) atoms. The summed E-state index contributed by atoms with van der Waals surface area (Å²) in [5, 5.41) is 0. The summed E-state index contributed by atoms with van der Waals surface area (Å²) in [7, 11) is 0. The molecule has 0 fully saturated rings. The molecule has 0 spiro atoms. The van der Waals surface area contributed by atoms with Gasteiger partial charge in [-0.25, -0.2) is 0 Å². The molecule has 0 rings (SSSR count). The number of hydrogen-bond donors (Lipinski definition) is 0. The predicted octanol–water partition coefficient (Wildman–Crippen LogP) is 6.31. The third kappa shape index (κ3) is 17.7. The van der Waals surface area contributed by atoms with Gasteiger partial charge in [0.25, 0.3) is 0 Å². The van der Waals surface area contributed by atoms with Crippen LogP contribution >= 0.6 is 0 Å². The summed E-state index contributed by atoms with van der Waals surface area (Å²) in [5.41, 5.74) is 7.07. The van der Waals surface area contributed by atoms with Crippen LogP contribution in [0.5, 0.6) is 0 Å². The fraction of sp³-hybridized carbons (Fsp3) is 0.889. The molecule has 0 bridgehead atoms. The van der Waals surface area contributed by atoms with E-state index in [0.717, 1.165) is 6.42 Å². The van der Waals surface area contributed by atoms with Gasteiger partial charge in [0, 0.05) is 6.54 Å². The Morgan fingerprint density at radius 1 is 0.579 bits per heavy atom. The molecule has 113 valence electrons. The van der Waals surface area contributed by atoms with Crippen LogP contribution in [-0.2, 0) is 0 Å². The van der Waals surface area contributed by atoms with Crippen molar-refractivity contribution in [3.8, 4) is 0 Å². The zero-order chi connectivity index (χ0) is 14.0. The van der Waals surface area contributed by atoms with Crippen molar-refractivity contribution in [3.63, 3.8) is 0 Å². The molecule has 1 nitrogen and oxygen atoms in total. The van der Waals surface area contributed by atoms with Crippen LogP contribution in [0.2, 0.25) is 0 Å². The van der Waals surface area contributed by atoms with Gasteiger partial charge in [-0.1, -0.05) is 76.9 Å². The van der Waals surface area contributed by atoms with Crippen LogP contribution in [0.15, 0.2) is 12.2 Å². The quantitative estimate of drug-likeness (QED) is 0.245. The molecule has 0 unspecified atom stereocenters. The number of allylic oxidation sites excluding steroid dienone is 2. The predicted molar refractivity (Wildman–Crippen MR) is 87.4 cm³/mol. The molecule has 0 aliphatic carbocycles. The van der Waals surface area contributed by atoms with Crippen molar-refractivity contribution in [3.05, 3.63) is 12.2 Å². The maximum atomic E-state index is 7.07. The highest BCUT2D eigenvalue weighted by atomic mass is 14.5. The van der Waals surface area contributed by atoms with Crippen LogP contribution in [0, 0.1) is 0 Å². The first-order chi connectivity index (χ1) is 9.41. The number of nitrogens with one attached hydrogen (secondary N) is 1. The molecule has 0 aromatic heterocycles. The lowest BCUT2D eigenvalue weighted by Crippen LogP contribution is -1.85. The van der Waals surface area contributed by atoms with E-state index < -0.39 is 0 Å². The molecular formula is C18H36N. The van der Waals surface area contributed by atoms with Gasteiger partial charge in [-0.2, -0.15) is 0 Å². The van der Waals surface area contributed by atoms with Crippen LogP contribution in [0.4, 0.5) is 0 Å². The maximum Gasteiger partial charge on any atom is 0.00997 e. The van der Waals surface area contributed by atoms with Gasteiger partial charge in [0.15, 0.2) is 0 Å². The second-order valence-corrected chi connectivity index (χ2v) is 5.69. The SMILES string of the molecule is CCCCCCCC/C=C\CCCCCCCC[NH]. The van der Waals surface area contributed by atoms with E-state index in [2.05, 4.69) is 19.1 Å². The molecule has 0 aliphatic heterocycles. The Morgan fingerprint density at radius 2 is 1.00 bits per heavy atom. The Balaban J connectivity index is 3.01. The molecule has 0 atom stereocenters. The lowest BCUT2D eigenvalue weighted by Gasteiger charge is -1.99. The smallest absolute Gasteiger partial charge is 0.00997 e. The summed E-state index contributed by atoms with van der Waals surface area (Å²) in [6.45, 7) is 2.89. The Labute approximate surface area is 122 Å². The van der Waals surface area contributed by atoms with Crippen LogP contribution in [0.3, 0.4) is 0 Å². The summed E-state index contributed by atoms with van der Waals surface area (Å²) in [6, 6.07) is 0. The first-order valence-corrected chi connectivity index (χ1v) is 8.71. The van der Waals surface area contributed by atoms with Crippen molar-refractivity contribution < 1.29 is 0 Å². The van der Waals surface area contributed by atoms with E-state index in [1.54, 1.807) is 0 Å². The van der Waals surface area contributed by atoms with E-state index in [-0.39, 0.29) is 0 Å². The summed E-state index contributed by atoms with van der Waals surface area (Å²) in [5.74, 6) is 0. The highest BCUT2D eigenvalue weighted by Crippen LogP contribution is 2.09. The van der Waals surface area contributed by atoms with E-state index in [0.29, 0.717) is 6.54 Å². The molecule has 0 aliphatic rings. The van der Waals surface area contributed by atoms with Crippen LogP contribution < -0.4 is 5.73 Å². The first kappa shape index (κ1) is 18.7. The summed E-state index contributed by atoms with van der Waals surface area (Å²) in [6.07, 6.45) is 23.5. The normalized spacial score (nSPS) is 11.5. The largest absolute Gasteiger partial charge is 0.258 e. The summed E-state index contributed by atoms with van der Waals surface area (Å²) in [4.78, 5) is 0. The fourth-order valence-corrected chi connectivity index (χ4v) is 2.37. The third-order valence-corrected chi connectivity index (χ3v) is 3.69.